The highest BCUT2D eigenvalue weighted by molar-refractivity contribution is 9.10. The number of nitrogens with one attached hydrogen (secondary N) is 6. The summed E-state index contributed by atoms with van der Waals surface area (Å²) in [6.45, 7) is 27.2. The van der Waals surface area contributed by atoms with Crippen LogP contribution in [0.2, 0.25) is 0 Å². The summed E-state index contributed by atoms with van der Waals surface area (Å²) in [5, 5.41) is 74.7. The molecule has 13 heterocycles. The fourth-order valence-corrected chi connectivity index (χ4v) is 23.4. The molecule has 0 aliphatic carbocycles. The molecular weight excluding hydrogens is 1920 g/mol. The fourth-order valence-electron chi connectivity index (χ4n) is 21.9. The van der Waals surface area contributed by atoms with E-state index in [1.165, 1.54) is 61.3 Å². The van der Waals surface area contributed by atoms with Crippen LogP contribution in [0, 0.1) is 18.8 Å². The highest BCUT2D eigenvalue weighted by Gasteiger charge is 2.49. The largest absolute Gasteiger partial charge is 0.508 e. The molecule has 740 valence electrons. The van der Waals surface area contributed by atoms with Gasteiger partial charge in [0.1, 0.15) is 72.2 Å². The molecule has 12 aliphatic heterocycles. The lowest BCUT2D eigenvalue weighted by molar-refractivity contribution is -0.199. The van der Waals surface area contributed by atoms with Crippen molar-refractivity contribution in [2.24, 2.45) is 11.8 Å². The highest BCUT2D eigenvalue weighted by atomic mass is 79.9. The van der Waals surface area contributed by atoms with E-state index in [1.807, 2.05) is 66.7 Å². The zero-order valence-corrected chi connectivity index (χ0v) is 85.7. The number of ether oxygens (including phenoxy) is 10. The van der Waals surface area contributed by atoms with Crippen molar-refractivity contribution < 1.29 is 72.9 Å². The molecule has 8 unspecified atom stereocenters. The second kappa shape index (κ2) is 43.4. The van der Waals surface area contributed by atoms with Crippen LogP contribution < -0.4 is 31.9 Å². The van der Waals surface area contributed by atoms with E-state index in [-0.39, 0.29) is 150 Å². The third kappa shape index (κ3) is 22.2. The lowest BCUT2D eigenvalue weighted by Crippen LogP contribution is -2.47. The first-order valence-corrected chi connectivity index (χ1v) is 52.3. The first-order chi connectivity index (χ1) is 68.1. The van der Waals surface area contributed by atoms with Crippen molar-refractivity contribution in [1.82, 2.24) is 0 Å². The Morgan fingerprint density at radius 3 is 1.12 bits per heavy atom. The number of phenols is 3. The molecule has 6 saturated heterocycles. The van der Waals surface area contributed by atoms with Crippen molar-refractivity contribution in [3.8, 4) is 17.2 Å². The quantitative estimate of drug-likeness (QED) is 0.0675. The van der Waals surface area contributed by atoms with Gasteiger partial charge in [0.05, 0.1) is 114 Å². The van der Waals surface area contributed by atoms with E-state index in [1.54, 1.807) is 41.7 Å². The highest BCUT2D eigenvalue weighted by Crippen LogP contribution is 2.56. The topological polar surface area (TPSA) is 266 Å². The molecular formula is C117H132Br2N6O15S. The van der Waals surface area contributed by atoms with Crippen molar-refractivity contribution in [1.29, 1.82) is 0 Å². The van der Waals surface area contributed by atoms with Crippen molar-refractivity contribution in [2.75, 3.05) is 98.0 Å². The van der Waals surface area contributed by atoms with Crippen LogP contribution in [0.4, 0.5) is 34.1 Å². The molecule has 0 spiro atoms. The Morgan fingerprint density at radius 1 is 0.312 bits per heavy atom. The van der Waals surface area contributed by atoms with E-state index in [0.29, 0.717) is 63.8 Å². The molecule has 1 aromatic heterocycles. The molecule has 0 bridgehead atoms. The minimum atomic E-state index is -0.281. The van der Waals surface area contributed by atoms with Gasteiger partial charge in [-0.25, -0.2) is 0 Å². The fraction of sp³-hybridized carbons (Fsp3) is 0.402. The predicted molar refractivity (Wildman–Crippen MR) is 563 cm³/mol. The molecule has 0 saturated carbocycles. The SMILES string of the molecule is CC(C)(C)c1ccc2c(c1)C1OC(CO)COC1C(c1ccccc1)N2.CC(C)(C)c1ccc2c(c1)[C@H]1OC(CO)CC[C@H]1[C@H](c1ccccc1)N2.CC(C)(C)c1ccc2c(c1)[C@H]1OCCO[C@H]1[C@H](c1ccsc1)N2.Cc1ccc2c(c1)[C@H]1OCCO[C@H]1[C@H](c1cccc(O)c1)N2.Oc1cccc(C2Nc3ccc(Br)cc3C3OCCOC23)c1.Oc1cccc([C@@H]2Nc3ccc(Br)cc3[C@H]3OCCC[C@H]32)c1. The summed E-state index contributed by atoms with van der Waals surface area (Å²) in [6, 6.07) is 84.6. The smallest absolute Gasteiger partial charge is 0.115 e. The standard InChI is InChI=1S/C23H29NO2.C22H27NO3.C19H23NO2S.C18H18BrNO2.C18H19NO3.C17H16BrNO3/c1-23(2,3)16-9-12-20-19(13-16)22-18(11-10-17(14-25)26-22)21(24-20)15-7-5-4-6-8-15;1-22(2,3)15-9-10-18-17(11-15)20-21(25-13-16(12-24)26-20)19(23-18)14-7-5-4-6-8-14;1-19(2,3)13-4-5-15-14(10-13)17-18(22-8-7-21-17)16(20-15)12-6-9-23-11-12;19-12-6-7-16-15(10-12)18-14(5-2-8-22-18)17(20-16)11-3-1-4-13(21)9-11;1-11-5-6-15-14(9-11)17-18(22-8-7-21-17)16(19-15)12-3-2-4-13(20)10-12;18-11-4-5-14-13(9-11)16-17(22-7-6-21-16)15(19-14)10-2-1-3-12(20)8-10/h4-9,12-13,17-18,21-22,24-25H,10-11,14H2,1-3H3;4-11,16,19-21,23-24H,12-13H2,1-3H3;4-6,9-11,16-18,20H,7-8H2,1-3H3;1,3-4,6-7,9-10,14,17-18,20-21H,2,5,8H2;2-6,9-10,16-20H,7-8H2,1H3;1-5,8-9,15-17,19-20H,6-7H2/t17?,18-,21-,22-;;16-,17+,18-;14-,17-,18-;16-,17+,18-;/m0.000./s1. The van der Waals surface area contributed by atoms with E-state index in [2.05, 4.69) is 295 Å². The molecule has 24 heteroatoms. The molecule has 12 aliphatic rings. The van der Waals surface area contributed by atoms with Crippen molar-refractivity contribution in [2.45, 2.75) is 221 Å². The van der Waals surface area contributed by atoms with Crippen LogP contribution in [0.3, 0.4) is 0 Å². The summed E-state index contributed by atoms with van der Waals surface area (Å²) >= 11 is 8.80. The number of fused-ring (bicyclic) bond motifs is 18. The Hall–Kier alpha value is -10.2. The first-order valence-electron chi connectivity index (χ1n) is 49.8. The van der Waals surface area contributed by atoms with Gasteiger partial charge >= 0.3 is 0 Å². The molecule has 21 nitrogen and oxygen atoms in total. The van der Waals surface area contributed by atoms with Crippen molar-refractivity contribution in [3.05, 3.63) is 357 Å². The summed E-state index contributed by atoms with van der Waals surface area (Å²) in [4.78, 5) is 0. The summed E-state index contributed by atoms with van der Waals surface area (Å²) in [5.74, 6) is 1.60. The number of hydrogen-bond donors (Lipinski definition) is 11. The van der Waals surface area contributed by atoms with E-state index in [0.717, 1.165) is 103 Å². The minimum Gasteiger partial charge on any atom is -0.508 e. The molecule has 141 heavy (non-hydrogen) atoms. The number of aryl methyl sites for hydroxylation is 1. The first kappa shape index (κ1) is 99.5. The number of hydrogen-bond acceptors (Lipinski definition) is 22. The number of aromatic hydroxyl groups is 3. The number of rotatable bonds is 8. The average molecular weight is 2050 g/mol. The number of benzene rings is 11. The number of aliphatic hydroxyl groups excluding tert-OH is 2. The minimum absolute atomic E-state index is 0.00667. The van der Waals surface area contributed by atoms with Crippen LogP contribution in [0.1, 0.15) is 250 Å². The third-order valence-electron chi connectivity index (χ3n) is 29.2. The van der Waals surface area contributed by atoms with Gasteiger partial charge in [-0.1, -0.05) is 245 Å². The zero-order chi connectivity index (χ0) is 98.0. The Bertz CT molecular complexity index is 5860. The molecule has 0 amide bonds. The van der Waals surface area contributed by atoms with E-state index < -0.39 is 0 Å². The van der Waals surface area contributed by atoms with Crippen LogP contribution in [0.5, 0.6) is 17.2 Å². The molecule has 6 fully saturated rings. The summed E-state index contributed by atoms with van der Waals surface area (Å²) in [5.41, 5.74) is 26.0. The van der Waals surface area contributed by atoms with E-state index in [9.17, 15) is 25.5 Å². The number of anilines is 6. The maximum Gasteiger partial charge on any atom is 0.115 e. The average Bonchev–Trinajstić information content (AvgIpc) is 1.01. The molecule has 11 N–H and O–H groups in total. The van der Waals surface area contributed by atoms with Crippen LogP contribution in [0.15, 0.2) is 268 Å². The van der Waals surface area contributed by atoms with Gasteiger partial charge in [0.25, 0.3) is 0 Å². The number of thiophene rings is 1. The van der Waals surface area contributed by atoms with Gasteiger partial charge in [-0.15, -0.1) is 0 Å². The van der Waals surface area contributed by atoms with Gasteiger partial charge in [0.15, 0.2) is 0 Å². The number of phenolic OH excluding ortho intramolecular Hbond substituents is 3. The van der Waals surface area contributed by atoms with Crippen molar-refractivity contribution >= 4 is 77.3 Å². The van der Waals surface area contributed by atoms with Crippen LogP contribution in [-0.4, -0.2) is 128 Å². The van der Waals surface area contributed by atoms with E-state index >= 15 is 0 Å². The van der Waals surface area contributed by atoms with E-state index in [4.69, 9.17) is 47.4 Å². The Morgan fingerprint density at radius 2 is 0.667 bits per heavy atom. The van der Waals surface area contributed by atoms with Crippen LogP contribution in [0.25, 0.3) is 0 Å². The van der Waals surface area contributed by atoms with Gasteiger partial charge in [0, 0.05) is 94.9 Å². The van der Waals surface area contributed by atoms with Gasteiger partial charge in [0.2, 0.25) is 0 Å². The van der Waals surface area contributed by atoms with Gasteiger partial charge < -0.3 is 105 Å². The maximum absolute atomic E-state index is 9.81. The summed E-state index contributed by atoms with van der Waals surface area (Å²) in [6.07, 6.45) is 3.34. The normalized spacial score (nSPS) is 27.2. The molecule has 12 aromatic rings. The van der Waals surface area contributed by atoms with Gasteiger partial charge in [-0.3, -0.25) is 0 Å². The number of halogens is 2. The molecule has 0 radical (unpaired) electrons. The van der Waals surface area contributed by atoms with Gasteiger partial charge in [-0.2, -0.15) is 11.3 Å². The molecule has 20 atom stereocenters. The Kier molecular flexibility index (Phi) is 30.6. The Balaban J connectivity index is 0.000000108. The molecule has 24 rings (SSSR count). The Labute approximate surface area is 849 Å². The van der Waals surface area contributed by atoms with Crippen molar-refractivity contribution in [3.63, 3.8) is 0 Å². The second-order valence-electron chi connectivity index (χ2n) is 41.8. The lowest BCUT2D eigenvalue weighted by Gasteiger charge is -2.45. The third-order valence-corrected chi connectivity index (χ3v) is 30.9. The van der Waals surface area contributed by atoms with Crippen LogP contribution >= 0.6 is 43.2 Å². The second-order valence-corrected chi connectivity index (χ2v) is 44.5. The van der Waals surface area contributed by atoms with Gasteiger partial charge in [-0.05, 0) is 213 Å². The molecule has 11 aromatic carbocycles. The maximum atomic E-state index is 9.81. The number of aliphatic hydroxyl groups is 2. The predicted octanol–water partition coefficient (Wildman–Crippen LogP) is 25.5. The monoisotopic (exact) mass is 2050 g/mol. The zero-order valence-electron chi connectivity index (χ0n) is 81.8. The lowest BCUT2D eigenvalue weighted by atomic mass is 9.75. The summed E-state index contributed by atoms with van der Waals surface area (Å²) in [7, 11) is 0. The van der Waals surface area contributed by atoms with Crippen LogP contribution in [-0.2, 0) is 63.6 Å². The summed E-state index contributed by atoms with van der Waals surface area (Å²) < 4.78 is 63.4.